The Morgan fingerprint density at radius 2 is 2.23 bits per heavy atom. The van der Waals surface area contributed by atoms with Gasteiger partial charge in [0.05, 0.1) is 24.4 Å². The predicted molar refractivity (Wildman–Crippen MR) is 50.4 cm³/mol. The average Bonchev–Trinajstić information content (AvgIpc) is 2.27. The quantitative estimate of drug-likeness (QED) is 0.629. The molecular formula is C10H18O3. The van der Waals surface area contributed by atoms with Crippen molar-refractivity contribution in [2.24, 2.45) is 0 Å². The third-order valence-corrected chi connectivity index (χ3v) is 2.61. The van der Waals surface area contributed by atoms with Crippen molar-refractivity contribution in [3.05, 3.63) is 11.6 Å². The Labute approximate surface area is 79.0 Å². The number of hydrogen-bond donors (Lipinski definition) is 2. The monoisotopic (exact) mass is 186 g/mol. The van der Waals surface area contributed by atoms with Crippen molar-refractivity contribution >= 4 is 0 Å². The molecule has 1 aliphatic rings. The summed E-state index contributed by atoms with van der Waals surface area (Å²) in [7, 11) is 0. The van der Waals surface area contributed by atoms with Crippen LogP contribution in [0.4, 0.5) is 0 Å². The molecule has 1 fully saturated rings. The Bertz CT molecular complexity index is 208. The molecule has 0 aromatic carbocycles. The SMILES string of the molecule is C/C(=C\CO)[C@H]1C[C@@H](O)C(C)(C)O1. The highest BCUT2D eigenvalue weighted by atomic mass is 16.5. The van der Waals surface area contributed by atoms with E-state index in [1.807, 2.05) is 20.8 Å². The Balaban J connectivity index is 2.63. The Morgan fingerprint density at radius 3 is 2.62 bits per heavy atom. The van der Waals surface area contributed by atoms with Crippen LogP contribution in [0.25, 0.3) is 0 Å². The summed E-state index contributed by atoms with van der Waals surface area (Å²) in [6.45, 7) is 5.70. The Morgan fingerprint density at radius 1 is 1.62 bits per heavy atom. The molecule has 2 atom stereocenters. The van der Waals surface area contributed by atoms with Gasteiger partial charge in [0.15, 0.2) is 0 Å². The molecule has 3 nitrogen and oxygen atoms in total. The lowest BCUT2D eigenvalue weighted by Crippen LogP contribution is -2.31. The first-order chi connectivity index (χ1) is 5.97. The summed E-state index contributed by atoms with van der Waals surface area (Å²) in [5, 5.41) is 18.3. The van der Waals surface area contributed by atoms with Crippen LogP contribution in [0.3, 0.4) is 0 Å². The van der Waals surface area contributed by atoms with Gasteiger partial charge in [-0.05, 0) is 26.3 Å². The van der Waals surface area contributed by atoms with Crippen LogP contribution < -0.4 is 0 Å². The smallest absolute Gasteiger partial charge is 0.0893 e. The highest BCUT2D eigenvalue weighted by molar-refractivity contribution is 5.10. The van der Waals surface area contributed by atoms with E-state index in [1.165, 1.54) is 0 Å². The van der Waals surface area contributed by atoms with Crippen LogP contribution in [0.2, 0.25) is 0 Å². The first kappa shape index (κ1) is 10.7. The van der Waals surface area contributed by atoms with Gasteiger partial charge in [0.1, 0.15) is 0 Å². The summed E-state index contributed by atoms with van der Waals surface area (Å²) in [5.41, 5.74) is 0.530. The molecule has 1 aliphatic heterocycles. The number of hydrogen-bond acceptors (Lipinski definition) is 3. The zero-order chi connectivity index (χ0) is 10.1. The molecule has 3 heteroatoms. The Kier molecular flexibility index (Phi) is 3.11. The van der Waals surface area contributed by atoms with E-state index in [0.717, 1.165) is 5.57 Å². The van der Waals surface area contributed by atoms with Crippen molar-refractivity contribution in [2.45, 2.75) is 45.0 Å². The second kappa shape index (κ2) is 3.78. The summed E-state index contributed by atoms with van der Waals surface area (Å²) in [6, 6.07) is 0. The summed E-state index contributed by atoms with van der Waals surface area (Å²) >= 11 is 0. The minimum Gasteiger partial charge on any atom is -0.392 e. The van der Waals surface area contributed by atoms with Crippen LogP contribution in [0.1, 0.15) is 27.2 Å². The van der Waals surface area contributed by atoms with E-state index in [2.05, 4.69) is 0 Å². The molecule has 2 N–H and O–H groups in total. The maximum atomic E-state index is 9.63. The van der Waals surface area contributed by atoms with Crippen molar-refractivity contribution in [3.63, 3.8) is 0 Å². The van der Waals surface area contributed by atoms with Gasteiger partial charge < -0.3 is 14.9 Å². The molecule has 1 saturated heterocycles. The van der Waals surface area contributed by atoms with Crippen molar-refractivity contribution in [3.8, 4) is 0 Å². The van der Waals surface area contributed by atoms with E-state index in [-0.39, 0.29) is 12.7 Å². The van der Waals surface area contributed by atoms with Crippen LogP contribution >= 0.6 is 0 Å². The summed E-state index contributed by atoms with van der Waals surface area (Å²) in [4.78, 5) is 0. The molecule has 0 bridgehead atoms. The lowest BCUT2D eigenvalue weighted by Gasteiger charge is -2.22. The highest BCUT2D eigenvalue weighted by Gasteiger charge is 2.40. The van der Waals surface area contributed by atoms with Gasteiger partial charge in [-0.25, -0.2) is 0 Å². The third-order valence-electron chi connectivity index (χ3n) is 2.61. The van der Waals surface area contributed by atoms with Gasteiger partial charge in [-0.1, -0.05) is 6.08 Å². The van der Waals surface area contributed by atoms with Crippen molar-refractivity contribution in [2.75, 3.05) is 6.61 Å². The molecule has 0 aromatic rings. The molecule has 76 valence electrons. The molecule has 0 radical (unpaired) electrons. The predicted octanol–water partition coefficient (Wildman–Crippen LogP) is 0.853. The summed E-state index contributed by atoms with van der Waals surface area (Å²) in [6.07, 6.45) is 1.88. The summed E-state index contributed by atoms with van der Waals surface area (Å²) < 4.78 is 5.65. The first-order valence-electron chi connectivity index (χ1n) is 4.61. The van der Waals surface area contributed by atoms with Gasteiger partial charge in [0.2, 0.25) is 0 Å². The van der Waals surface area contributed by atoms with Gasteiger partial charge >= 0.3 is 0 Å². The van der Waals surface area contributed by atoms with Crippen LogP contribution in [0, 0.1) is 0 Å². The molecule has 0 saturated carbocycles. The largest absolute Gasteiger partial charge is 0.392 e. The van der Waals surface area contributed by atoms with E-state index in [9.17, 15) is 5.11 Å². The van der Waals surface area contributed by atoms with Gasteiger partial charge in [-0.2, -0.15) is 0 Å². The minimum absolute atomic E-state index is 0.0300. The van der Waals surface area contributed by atoms with E-state index in [1.54, 1.807) is 6.08 Å². The lowest BCUT2D eigenvalue weighted by molar-refractivity contribution is -0.0472. The maximum absolute atomic E-state index is 9.63. The van der Waals surface area contributed by atoms with Crippen LogP contribution in [-0.4, -0.2) is 34.6 Å². The maximum Gasteiger partial charge on any atom is 0.0893 e. The topological polar surface area (TPSA) is 49.7 Å². The molecule has 0 unspecified atom stereocenters. The van der Waals surface area contributed by atoms with E-state index >= 15 is 0 Å². The molecule has 13 heavy (non-hydrogen) atoms. The highest BCUT2D eigenvalue weighted by Crippen LogP contribution is 2.33. The molecule has 0 aliphatic carbocycles. The molecule has 0 aromatic heterocycles. The fourth-order valence-corrected chi connectivity index (χ4v) is 1.53. The number of ether oxygens (including phenoxy) is 1. The lowest BCUT2D eigenvalue weighted by atomic mass is 9.99. The third kappa shape index (κ3) is 2.30. The molecular weight excluding hydrogens is 168 g/mol. The number of rotatable bonds is 2. The van der Waals surface area contributed by atoms with Crippen molar-refractivity contribution in [1.29, 1.82) is 0 Å². The first-order valence-corrected chi connectivity index (χ1v) is 4.61. The van der Waals surface area contributed by atoms with E-state index in [0.29, 0.717) is 6.42 Å². The second-order valence-electron chi connectivity index (χ2n) is 4.09. The minimum atomic E-state index is -0.463. The fourth-order valence-electron chi connectivity index (χ4n) is 1.53. The molecule has 1 rings (SSSR count). The van der Waals surface area contributed by atoms with Crippen LogP contribution in [-0.2, 0) is 4.74 Å². The molecule has 0 amide bonds. The van der Waals surface area contributed by atoms with Crippen LogP contribution in [0.15, 0.2) is 11.6 Å². The normalized spacial score (nSPS) is 33.8. The average molecular weight is 186 g/mol. The van der Waals surface area contributed by atoms with Gasteiger partial charge in [-0.3, -0.25) is 0 Å². The van der Waals surface area contributed by atoms with Gasteiger partial charge in [0.25, 0.3) is 0 Å². The standard InChI is InChI=1S/C10H18O3/c1-7(4-5-11)8-6-9(12)10(2,3)13-8/h4,8-9,11-12H,5-6H2,1-3H3/b7-4+/t8-,9-/m1/s1. The summed E-state index contributed by atoms with van der Waals surface area (Å²) in [5.74, 6) is 0. The molecule has 0 spiro atoms. The second-order valence-corrected chi connectivity index (χ2v) is 4.09. The van der Waals surface area contributed by atoms with Crippen molar-refractivity contribution < 1.29 is 14.9 Å². The number of aliphatic hydroxyl groups is 2. The van der Waals surface area contributed by atoms with Gasteiger partial charge in [-0.15, -0.1) is 0 Å². The van der Waals surface area contributed by atoms with Crippen LogP contribution in [0.5, 0.6) is 0 Å². The van der Waals surface area contributed by atoms with E-state index in [4.69, 9.17) is 9.84 Å². The zero-order valence-corrected chi connectivity index (χ0v) is 8.45. The molecule has 1 heterocycles. The van der Waals surface area contributed by atoms with E-state index < -0.39 is 11.7 Å². The Hall–Kier alpha value is -0.380. The zero-order valence-electron chi connectivity index (χ0n) is 8.45. The number of aliphatic hydroxyl groups excluding tert-OH is 2. The van der Waals surface area contributed by atoms with Gasteiger partial charge in [0, 0.05) is 6.42 Å². The van der Waals surface area contributed by atoms with Crippen molar-refractivity contribution in [1.82, 2.24) is 0 Å². The fraction of sp³-hybridized carbons (Fsp3) is 0.800.